The molecule has 0 bridgehead atoms. The molecule has 1 atom stereocenters. The van der Waals surface area contributed by atoms with Gasteiger partial charge < -0.3 is 19.8 Å². The third kappa shape index (κ3) is 3.04. The number of para-hydroxylation sites is 2. The number of imidazole rings is 1. The van der Waals surface area contributed by atoms with Gasteiger partial charge in [0.25, 0.3) is 5.56 Å². The van der Waals surface area contributed by atoms with E-state index in [2.05, 4.69) is 19.9 Å². The molecule has 2 aliphatic heterocycles. The number of hydrogen-bond donors (Lipinski definition) is 2. The Kier molecular flexibility index (Phi) is 4.11. The highest BCUT2D eigenvalue weighted by Gasteiger charge is 2.38. The molecule has 2 aliphatic rings. The Morgan fingerprint density at radius 2 is 2.04 bits per heavy atom. The largest absolute Gasteiger partial charge is 0.356 e. The number of aromatic amines is 2. The number of benzene rings is 1. The first kappa shape index (κ1) is 17.0. The summed E-state index contributed by atoms with van der Waals surface area (Å²) in [5.41, 5.74) is 1.83. The van der Waals surface area contributed by atoms with Crippen LogP contribution in [0.2, 0.25) is 0 Å². The molecule has 1 aromatic carbocycles. The standard InChI is InChI=1S/C20H22N6O2/c27-18-8-17(21-12-22-18)25-7-3-4-13(9-25)20(28)26-10-14(11-26)19-23-15-5-1-2-6-16(15)24-19/h1-2,5-6,8,12-14H,3-4,7,9-11H2,(H,23,24)(H,21,22,27). The Balaban J connectivity index is 1.23. The number of carbonyl (C=O) groups excluding carboxylic acids is 1. The van der Waals surface area contributed by atoms with Crippen molar-refractivity contribution in [1.82, 2.24) is 24.8 Å². The molecule has 0 radical (unpaired) electrons. The van der Waals surface area contributed by atoms with Crippen molar-refractivity contribution >= 4 is 22.8 Å². The van der Waals surface area contributed by atoms with Crippen LogP contribution in [-0.2, 0) is 4.79 Å². The number of H-pyrrole nitrogens is 2. The van der Waals surface area contributed by atoms with E-state index < -0.39 is 0 Å². The summed E-state index contributed by atoms with van der Waals surface area (Å²) in [5, 5.41) is 0. The predicted octanol–water partition coefficient (Wildman–Crippen LogP) is 1.49. The normalized spacial score (nSPS) is 20.4. The number of amides is 1. The minimum absolute atomic E-state index is 0.0496. The molecular formula is C20H22N6O2. The maximum atomic E-state index is 13.0. The van der Waals surface area contributed by atoms with Crippen molar-refractivity contribution in [3.63, 3.8) is 0 Å². The highest BCUT2D eigenvalue weighted by Crippen LogP contribution is 2.30. The van der Waals surface area contributed by atoms with Gasteiger partial charge in [-0.15, -0.1) is 0 Å². The van der Waals surface area contributed by atoms with Crippen LogP contribution < -0.4 is 10.5 Å². The van der Waals surface area contributed by atoms with Gasteiger partial charge in [0.05, 0.1) is 29.2 Å². The number of fused-ring (bicyclic) bond motifs is 1. The molecule has 1 amide bonds. The fraction of sp³-hybridized carbons (Fsp3) is 0.400. The van der Waals surface area contributed by atoms with E-state index in [1.54, 1.807) is 0 Å². The first-order valence-electron chi connectivity index (χ1n) is 9.70. The van der Waals surface area contributed by atoms with Gasteiger partial charge in [-0.2, -0.15) is 0 Å². The number of nitrogens with zero attached hydrogens (tertiary/aromatic N) is 4. The van der Waals surface area contributed by atoms with Gasteiger partial charge in [-0.05, 0) is 25.0 Å². The lowest BCUT2D eigenvalue weighted by molar-refractivity contribution is -0.140. The number of piperidine rings is 1. The summed E-state index contributed by atoms with van der Waals surface area (Å²) in [7, 11) is 0. The summed E-state index contributed by atoms with van der Waals surface area (Å²) in [4.78, 5) is 43.3. The quantitative estimate of drug-likeness (QED) is 0.720. The average molecular weight is 378 g/mol. The van der Waals surface area contributed by atoms with Gasteiger partial charge >= 0.3 is 0 Å². The number of aromatic nitrogens is 4. The first-order chi connectivity index (χ1) is 13.7. The average Bonchev–Trinajstić information content (AvgIpc) is 3.10. The first-order valence-corrected chi connectivity index (χ1v) is 9.70. The number of anilines is 1. The Morgan fingerprint density at radius 3 is 2.86 bits per heavy atom. The van der Waals surface area contributed by atoms with Crippen LogP contribution in [-0.4, -0.2) is 56.9 Å². The second-order valence-electron chi connectivity index (χ2n) is 7.63. The van der Waals surface area contributed by atoms with Crippen LogP contribution in [0.15, 0.2) is 41.5 Å². The fourth-order valence-corrected chi connectivity index (χ4v) is 4.17. The molecule has 8 nitrogen and oxygen atoms in total. The van der Waals surface area contributed by atoms with Crippen molar-refractivity contribution in [2.45, 2.75) is 18.8 Å². The van der Waals surface area contributed by atoms with Crippen LogP contribution in [0, 0.1) is 5.92 Å². The Hall–Kier alpha value is -3.16. The third-order valence-corrected chi connectivity index (χ3v) is 5.75. The number of hydrogen-bond acceptors (Lipinski definition) is 5. The van der Waals surface area contributed by atoms with Gasteiger partial charge in [-0.1, -0.05) is 12.1 Å². The molecule has 1 unspecified atom stereocenters. The van der Waals surface area contributed by atoms with Crippen molar-refractivity contribution in [2.75, 3.05) is 31.1 Å². The molecule has 4 heterocycles. The van der Waals surface area contributed by atoms with Crippen molar-refractivity contribution in [3.05, 3.63) is 52.8 Å². The Labute approximate surface area is 161 Å². The van der Waals surface area contributed by atoms with Crippen molar-refractivity contribution in [2.24, 2.45) is 5.92 Å². The van der Waals surface area contributed by atoms with E-state index in [1.165, 1.54) is 12.4 Å². The summed E-state index contributed by atoms with van der Waals surface area (Å²) < 4.78 is 0. The van der Waals surface area contributed by atoms with Crippen LogP contribution >= 0.6 is 0 Å². The zero-order valence-corrected chi connectivity index (χ0v) is 15.5. The van der Waals surface area contributed by atoms with Crippen LogP contribution in [0.3, 0.4) is 0 Å². The maximum absolute atomic E-state index is 13.0. The molecule has 5 rings (SSSR count). The van der Waals surface area contributed by atoms with Gasteiger partial charge in [0, 0.05) is 32.2 Å². The van der Waals surface area contributed by atoms with Crippen molar-refractivity contribution < 1.29 is 4.79 Å². The van der Waals surface area contributed by atoms with Crippen LogP contribution in [0.1, 0.15) is 24.6 Å². The Bertz CT molecular complexity index is 1030. The molecule has 0 aliphatic carbocycles. The molecule has 2 N–H and O–H groups in total. The Morgan fingerprint density at radius 1 is 1.18 bits per heavy atom. The highest BCUT2D eigenvalue weighted by molar-refractivity contribution is 5.81. The molecule has 0 spiro atoms. The van der Waals surface area contributed by atoms with Gasteiger partial charge in [-0.25, -0.2) is 9.97 Å². The topological polar surface area (TPSA) is 98.0 Å². The molecule has 28 heavy (non-hydrogen) atoms. The number of likely N-dealkylation sites (tertiary alicyclic amines) is 1. The van der Waals surface area contributed by atoms with E-state index >= 15 is 0 Å². The van der Waals surface area contributed by atoms with Crippen molar-refractivity contribution in [3.8, 4) is 0 Å². The van der Waals surface area contributed by atoms with Crippen LogP contribution in [0.5, 0.6) is 0 Å². The van der Waals surface area contributed by atoms with E-state index in [4.69, 9.17) is 0 Å². The SMILES string of the molecule is O=C(C1CCCN(c2cc(=O)[nH]cn2)C1)N1CC(c2nc3ccccc3[nH]2)C1. The summed E-state index contributed by atoms with van der Waals surface area (Å²) in [6.45, 7) is 2.85. The van der Waals surface area contributed by atoms with Gasteiger partial charge in [-0.3, -0.25) is 9.59 Å². The second kappa shape index (κ2) is 6.78. The summed E-state index contributed by atoms with van der Waals surface area (Å²) in [5.74, 6) is 2.02. The number of rotatable bonds is 3. The second-order valence-corrected chi connectivity index (χ2v) is 7.63. The van der Waals surface area contributed by atoms with Crippen molar-refractivity contribution in [1.29, 1.82) is 0 Å². The summed E-state index contributed by atoms with van der Waals surface area (Å²) >= 11 is 0. The van der Waals surface area contributed by atoms with E-state index in [1.807, 2.05) is 34.1 Å². The maximum Gasteiger partial charge on any atom is 0.252 e. The van der Waals surface area contributed by atoms with Gasteiger partial charge in [0.1, 0.15) is 11.6 Å². The molecular weight excluding hydrogens is 356 g/mol. The summed E-state index contributed by atoms with van der Waals surface area (Å²) in [6, 6.07) is 9.48. The molecule has 0 saturated carbocycles. The van der Waals surface area contributed by atoms with Crippen LogP contribution in [0.25, 0.3) is 11.0 Å². The van der Waals surface area contributed by atoms with Crippen LogP contribution in [0.4, 0.5) is 5.82 Å². The lowest BCUT2D eigenvalue weighted by atomic mass is 9.92. The molecule has 144 valence electrons. The van der Waals surface area contributed by atoms with E-state index in [-0.39, 0.29) is 23.3 Å². The van der Waals surface area contributed by atoms with Gasteiger partial charge in [0.2, 0.25) is 5.91 Å². The zero-order chi connectivity index (χ0) is 19.1. The molecule has 8 heteroatoms. The highest BCUT2D eigenvalue weighted by atomic mass is 16.2. The number of carbonyl (C=O) groups is 1. The van der Waals surface area contributed by atoms with E-state index in [0.717, 1.165) is 36.2 Å². The molecule has 3 aromatic rings. The minimum atomic E-state index is -0.171. The molecule has 2 saturated heterocycles. The third-order valence-electron chi connectivity index (χ3n) is 5.75. The minimum Gasteiger partial charge on any atom is -0.356 e. The lowest BCUT2D eigenvalue weighted by Crippen LogP contribution is -2.53. The smallest absolute Gasteiger partial charge is 0.252 e. The predicted molar refractivity (Wildman–Crippen MR) is 105 cm³/mol. The fourth-order valence-electron chi connectivity index (χ4n) is 4.17. The van der Waals surface area contributed by atoms with E-state index in [9.17, 15) is 9.59 Å². The lowest BCUT2D eigenvalue weighted by Gasteiger charge is -2.42. The summed E-state index contributed by atoms with van der Waals surface area (Å²) in [6.07, 6.45) is 3.21. The zero-order valence-electron chi connectivity index (χ0n) is 15.5. The monoisotopic (exact) mass is 378 g/mol. The van der Waals surface area contributed by atoms with E-state index in [0.29, 0.717) is 25.5 Å². The van der Waals surface area contributed by atoms with Gasteiger partial charge in [0.15, 0.2) is 0 Å². The molecule has 2 fully saturated rings. The molecule has 2 aromatic heterocycles. The number of nitrogens with one attached hydrogen (secondary N) is 2.